The Labute approximate surface area is 232 Å². The lowest BCUT2D eigenvalue weighted by Gasteiger charge is -2.27. The fourth-order valence-corrected chi connectivity index (χ4v) is 5.11. The van der Waals surface area contributed by atoms with E-state index in [2.05, 4.69) is 33.3 Å². The molecule has 0 aromatic heterocycles. The first kappa shape index (κ1) is 28.3. The van der Waals surface area contributed by atoms with Crippen LogP contribution in [0.25, 0.3) is 0 Å². The van der Waals surface area contributed by atoms with E-state index in [1.165, 1.54) is 5.56 Å². The van der Waals surface area contributed by atoms with Crippen molar-refractivity contribution in [2.24, 2.45) is 0 Å². The summed E-state index contributed by atoms with van der Waals surface area (Å²) in [6, 6.07) is 22.3. The Hall–Kier alpha value is -3.68. The van der Waals surface area contributed by atoms with Gasteiger partial charge in [0.15, 0.2) is 0 Å². The molecule has 0 atom stereocenters. The molecule has 39 heavy (non-hydrogen) atoms. The van der Waals surface area contributed by atoms with Crippen molar-refractivity contribution in [1.29, 1.82) is 0 Å². The summed E-state index contributed by atoms with van der Waals surface area (Å²) in [5, 5.41) is 3.12. The smallest absolute Gasteiger partial charge is 0.238 e. The number of hydrogen-bond acceptors (Lipinski definition) is 5. The molecule has 4 rings (SSSR count). The van der Waals surface area contributed by atoms with Gasteiger partial charge in [-0.15, -0.1) is 0 Å². The molecule has 0 radical (unpaired) electrons. The van der Waals surface area contributed by atoms with Crippen LogP contribution >= 0.6 is 0 Å². The molecule has 7 heteroatoms. The van der Waals surface area contributed by atoms with Crippen LogP contribution < -0.4 is 15.0 Å². The number of methoxy groups -OCH3 is 1. The molecule has 0 fully saturated rings. The second-order valence-corrected chi connectivity index (χ2v) is 10.4. The molecule has 1 aliphatic rings. The fourth-order valence-electron chi connectivity index (χ4n) is 5.11. The molecule has 1 heterocycles. The number of nitrogens with zero attached hydrogens (tertiary/aromatic N) is 3. The third-order valence-corrected chi connectivity index (χ3v) is 7.22. The number of nitrogens with one attached hydrogen (secondary N) is 1. The molecule has 0 unspecified atom stereocenters. The number of anilines is 2. The minimum Gasteiger partial charge on any atom is -0.497 e. The van der Waals surface area contributed by atoms with Gasteiger partial charge in [0.25, 0.3) is 0 Å². The Balaban J connectivity index is 1.57. The van der Waals surface area contributed by atoms with Gasteiger partial charge in [-0.1, -0.05) is 42.5 Å². The number of aryl methyl sites for hydroxylation is 2. The Morgan fingerprint density at radius 2 is 1.69 bits per heavy atom. The molecule has 0 aliphatic carbocycles. The van der Waals surface area contributed by atoms with Crippen LogP contribution in [-0.2, 0) is 22.7 Å². The van der Waals surface area contributed by atoms with Crippen LogP contribution in [0.1, 0.15) is 35.6 Å². The summed E-state index contributed by atoms with van der Waals surface area (Å²) < 4.78 is 5.43. The predicted octanol–water partition coefficient (Wildman–Crippen LogP) is 5.01. The van der Waals surface area contributed by atoms with Gasteiger partial charge in [-0.25, -0.2) is 0 Å². The average molecular weight is 529 g/mol. The lowest BCUT2D eigenvalue weighted by Crippen LogP contribution is -2.39. The second-order valence-electron chi connectivity index (χ2n) is 10.4. The third-order valence-electron chi connectivity index (χ3n) is 7.22. The van der Waals surface area contributed by atoms with Crippen molar-refractivity contribution in [3.8, 4) is 5.75 Å². The van der Waals surface area contributed by atoms with Crippen molar-refractivity contribution < 1.29 is 14.3 Å². The van der Waals surface area contributed by atoms with Gasteiger partial charge >= 0.3 is 0 Å². The summed E-state index contributed by atoms with van der Waals surface area (Å²) in [7, 11) is 1.68. The van der Waals surface area contributed by atoms with E-state index in [9.17, 15) is 9.59 Å². The quantitative estimate of drug-likeness (QED) is 0.487. The van der Waals surface area contributed by atoms with Gasteiger partial charge in [0.2, 0.25) is 11.8 Å². The zero-order chi connectivity index (χ0) is 27.8. The summed E-state index contributed by atoms with van der Waals surface area (Å²) in [6.45, 7) is 10.3. The standard InChI is InChI=1S/C32H40N4O3/c1-24-13-14-25(2)30(19-24)33-32(38)23-35-18-17-34(21-27-9-7-11-29(20-27)39-4)15-8-16-36(26(3)37)31-12-6-5-10-28(31)22-35/h5-7,9-14,19-20H,8,15-18,21-23H2,1-4H3,(H,33,38). The average Bonchev–Trinajstić information content (AvgIpc) is 2.94. The van der Waals surface area contributed by atoms with Crippen molar-refractivity contribution in [2.75, 3.05) is 50.1 Å². The van der Waals surface area contributed by atoms with E-state index in [4.69, 9.17) is 4.74 Å². The van der Waals surface area contributed by atoms with Crippen LogP contribution in [0.5, 0.6) is 5.75 Å². The van der Waals surface area contributed by atoms with Crippen LogP contribution in [0, 0.1) is 13.8 Å². The van der Waals surface area contributed by atoms with E-state index in [0.717, 1.165) is 66.4 Å². The summed E-state index contributed by atoms with van der Waals surface area (Å²) in [5.74, 6) is 0.826. The topological polar surface area (TPSA) is 65.1 Å². The summed E-state index contributed by atoms with van der Waals surface area (Å²) in [5.41, 5.74) is 6.14. The molecular weight excluding hydrogens is 488 g/mol. The fraction of sp³-hybridized carbons (Fsp3) is 0.375. The Bertz CT molecular complexity index is 1290. The minimum absolute atomic E-state index is 0.0280. The van der Waals surface area contributed by atoms with Crippen molar-refractivity contribution in [1.82, 2.24) is 9.80 Å². The van der Waals surface area contributed by atoms with Crippen LogP contribution in [0.4, 0.5) is 11.4 Å². The highest BCUT2D eigenvalue weighted by atomic mass is 16.5. The highest BCUT2D eigenvalue weighted by Gasteiger charge is 2.21. The minimum atomic E-state index is -0.0428. The normalized spacial score (nSPS) is 15.2. The van der Waals surface area contributed by atoms with Crippen molar-refractivity contribution in [3.05, 3.63) is 89.0 Å². The highest BCUT2D eigenvalue weighted by molar-refractivity contribution is 5.93. The predicted molar refractivity (Wildman–Crippen MR) is 157 cm³/mol. The molecule has 0 saturated carbocycles. The van der Waals surface area contributed by atoms with Gasteiger partial charge in [-0.05, 0) is 66.8 Å². The molecule has 206 valence electrons. The molecule has 1 aliphatic heterocycles. The van der Waals surface area contributed by atoms with Gasteiger partial charge in [0, 0.05) is 57.6 Å². The van der Waals surface area contributed by atoms with E-state index >= 15 is 0 Å². The SMILES string of the molecule is COc1cccc(CN2CCCN(C(C)=O)c3ccccc3CN(CC(=O)Nc3cc(C)ccc3C)CC2)c1. The summed E-state index contributed by atoms with van der Waals surface area (Å²) in [6.07, 6.45) is 0.852. The first-order chi connectivity index (χ1) is 18.8. The number of rotatable bonds is 6. The maximum Gasteiger partial charge on any atom is 0.238 e. The van der Waals surface area contributed by atoms with E-state index in [1.807, 2.05) is 67.3 Å². The number of carbonyl (C=O) groups excluding carboxylic acids is 2. The maximum absolute atomic E-state index is 13.2. The molecule has 2 amide bonds. The van der Waals surface area contributed by atoms with Gasteiger partial charge in [0.1, 0.15) is 5.75 Å². The van der Waals surface area contributed by atoms with Gasteiger partial charge in [-0.2, -0.15) is 0 Å². The summed E-state index contributed by atoms with van der Waals surface area (Å²) >= 11 is 0. The molecule has 1 N–H and O–H groups in total. The lowest BCUT2D eigenvalue weighted by atomic mass is 10.1. The van der Waals surface area contributed by atoms with Crippen molar-refractivity contribution in [3.63, 3.8) is 0 Å². The number of para-hydroxylation sites is 1. The molecule has 7 nitrogen and oxygen atoms in total. The first-order valence-electron chi connectivity index (χ1n) is 13.6. The summed E-state index contributed by atoms with van der Waals surface area (Å²) in [4.78, 5) is 32.4. The zero-order valence-electron chi connectivity index (χ0n) is 23.6. The van der Waals surface area contributed by atoms with E-state index in [-0.39, 0.29) is 18.4 Å². The van der Waals surface area contributed by atoms with Crippen molar-refractivity contribution in [2.45, 2.75) is 40.3 Å². The van der Waals surface area contributed by atoms with Gasteiger partial charge in [0.05, 0.1) is 13.7 Å². The molecule has 0 saturated heterocycles. The molecule has 3 aromatic rings. The monoisotopic (exact) mass is 528 g/mol. The number of amides is 2. The van der Waals surface area contributed by atoms with Gasteiger partial charge in [-0.3, -0.25) is 19.4 Å². The Morgan fingerprint density at radius 1 is 0.897 bits per heavy atom. The largest absolute Gasteiger partial charge is 0.497 e. The Morgan fingerprint density at radius 3 is 2.49 bits per heavy atom. The second kappa shape index (κ2) is 13.4. The molecule has 3 aromatic carbocycles. The number of ether oxygens (including phenoxy) is 1. The highest BCUT2D eigenvalue weighted by Crippen LogP contribution is 2.24. The van der Waals surface area contributed by atoms with Crippen molar-refractivity contribution >= 4 is 23.2 Å². The van der Waals surface area contributed by atoms with Gasteiger partial charge < -0.3 is 15.0 Å². The molecule has 0 spiro atoms. The number of benzene rings is 3. The first-order valence-corrected chi connectivity index (χ1v) is 13.6. The van der Waals surface area contributed by atoms with Crippen LogP contribution in [0.2, 0.25) is 0 Å². The van der Waals surface area contributed by atoms with Crippen LogP contribution in [-0.4, -0.2) is 61.4 Å². The van der Waals surface area contributed by atoms with E-state index in [1.54, 1.807) is 14.0 Å². The maximum atomic E-state index is 13.2. The van der Waals surface area contributed by atoms with Crippen LogP contribution in [0.3, 0.4) is 0 Å². The molecule has 0 bridgehead atoms. The number of fused-ring (bicyclic) bond motifs is 1. The Kier molecular flexibility index (Phi) is 9.74. The van der Waals surface area contributed by atoms with E-state index < -0.39 is 0 Å². The molecular formula is C32H40N4O3. The number of hydrogen-bond donors (Lipinski definition) is 1. The zero-order valence-corrected chi connectivity index (χ0v) is 23.6. The van der Waals surface area contributed by atoms with Crippen LogP contribution in [0.15, 0.2) is 66.7 Å². The third kappa shape index (κ3) is 7.91. The lowest BCUT2D eigenvalue weighted by molar-refractivity contribution is -0.118. The van der Waals surface area contributed by atoms with E-state index in [0.29, 0.717) is 13.1 Å². The number of carbonyl (C=O) groups is 2.